The quantitative estimate of drug-likeness (QED) is 0.0512. The van der Waals surface area contributed by atoms with Gasteiger partial charge >= 0.3 is 44.8 Å². The van der Waals surface area contributed by atoms with Crippen molar-refractivity contribution in [1.29, 1.82) is 0 Å². The van der Waals surface area contributed by atoms with Gasteiger partial charge in [-0.15, -0.1) is 23.3 Å². The molecule has 0 heterocycles. The molecule has 0 radical (unpaired) electrons. The number of fused-ring (bicyclic) bond motifs is 8. The molecule has 0 bridgehead atoms. The Morgan fingerprint density at radius 2 is 0.565 bits per heavy atom. The molecule has 336 valence electrons. The molecular weight excluding hydrogens is 1240 g/mol. The Hall–Kier alpha value is -6.34. The molecule has 0 N–H and O–H groups in total. The van der Waals surface area contributed by atoms with Crippen molar-refractivity contribution in [1.82, 2.24) is 0 Å². The second kappa shape index (κ2) is 23.3. The van der Waals surface area contributed by atoms with E-state index in [9.17, 15) is 0 Å². The van der Waals surface area contributed by atoms with Gasteiger partial charge in [0.25, 0.3) is 0 Å². The van der Waals surface area contributed by atoms with Crippen molar-refractivity contribution in [3.05, 3.63) is 279 Å². The van der Waals surface area contributed by atoms with Crippen LogP contribution in [0, 0.1) is 24.7 Å². The first-order valence-corrected chi connectivity index (χ1v) is 26.0. The Labute approximate surface area is 439 Å². The molecule has 12 aromatic rings. The Morgan fingerprint density at radius 3 is 0.942 bits per heavy atom. The summed E-state index contributed by atoms with van der Waals surface area (Å²) in [5.74, 6) is 6.22. The van der Waals surface area contributed by atoms with Crippen LogP contribution >= 0.6 is 15.8 Å². The first kappa shape index (κ1) is 49.1. The summed E-state index contributed by atoms with van der Waals surface area (Å²) in [4.78, 5) is 0. The fraction of sp³-hybridized carbons (Fsp3) is 0.0154. The van der Waals surface area contributed by atoms with Gasteiger partial charge in [0.1, 0.15) is 37.1 Å². The Kier molecular flexibility index (Phi) is 16.6. The second-order valence-corrected chi connectivity index (χ2v) is 22.1. The average molecular weight is 1280 g/mol. The summed E-state index contributed by atoms with van der Waals surface area (Å²) in [5.41, 5.74) is 1.71. The summed E-state index contributed by atoms with van der Waals surface area (Å²) in [7, 11) is -2.08. The van der Waals surface area contributed by atoms with E-state index >= 15 is 0 Å². The van der Waals surface area contributed by atoms with Crippen LogP contribution in [-0.2, 0) is 44.8 Å². The summed E-state index contributed by atoms with van der Waals surface area (Å²) >= 11 is 0. The third-order valence-electron chi connectivity index (χ3n) is 12.6. The van der Waals surface area contributed by atoms with Crippen molar-refractivity contribution < 1.29 is 44.8 Å². The van der Waals surface area contributed by atoms with E-state index in [1.165, 1.54) is 70.2 Å². The van der Waals surface area contributed by atoms with E-state index in [1.807, 2.05) is 72.8 Å². The minimum Gasteiger partial charge on any atom is -0.366 e. The van der Waals surface area contributed by atoms with Gasteiger partial charge in [0.15, 0.2) is 5.90 Å². The van der Waals surface area contributed by atoms with Crippen LogP contribution in [0.5, 0.6) is 0 Å². The van der Waals surface area contributed by atoms with Crippen LogP contribution in [0.3, 0.4) is 0 Å². The third-order valence-corrected chi connectivity index (χ3v) is 19.7. The molecule has 12 aromatic carbocycles. The van der Waals surface area contributed by atoms with Crippen LogP contribution in [-0.4, -0.2) is 5.90 Å². The van der Waals surface area contributed by atoms with Gasteiger partial charge in [0.05, 0.1) is 0 Å². The monoisotopic (exact) mass is 1280 g/mol. The normalized spacial score (nSPS) is 11.4. The van der Waals surface area contributed by atoms with Crippen molar-refractivity contribution in [3.63, 3.8) is 0 Å². The summed E-state index contributed by atoms with van der Waals surface area (Å²) < 4.78 is 0. The molecule has 0 aromatic heterocycles. The topological polar surface area (TPSA) is 0 Å². The van der Waals surface area contributed by atoms with E-state index in [0.29, 0.717) is 0 Å². The molecule has 0 saturated carbocycles. The molecule has 0 aliphatic heterocycles. The summed E-state index contributed by atoms with van der Waals surface area (Å²) in [5, 5.41) is 20.9. The molecule has 0 aliphatic rings. The molecule has 0 spiro atoms. The summed E-state index contributed by atoms with van der Waals surface area (Å²) in [6.45, 7) is 0. The molecule has 0 amide bonds. The second-order valence-electron chi connectivity index (χ2n) is 16.6. The molecule has 0 aliphatic carbocycles. The Balaban J connectivity index is 0.000000157. The van der Waals surface area contributed by atoms with E-state index < -0.39 is 15.8 Å². The van der Waals surface area contributed by atoms with E-state index in [2.05, 4.69) is 194 Å². The predicted octanol–water partition coefficient (Wildman–Crippen LogP) is 14.8. The van der Waals surface area contributed by atoms with Gasteiger partial charge in [-0.2, -0.15) is 0 Å². The molecule has 69 heavy (non-hydrogen) atoms. The van der Waals surface area contributed by atoms with Crippen LogP contribution in [0.2, 0.25) is 0 Å². The van der Waals surface area contributed by atoms with Gasteiger partial charge in [0, 0.05) is 10.8 Å². The molecule has 2 unspecified atom stereocenters. The fourth-order valence-electron chi connectivity index (χ4n) is 9.45. The molecular formula is C65H46Au2P2+2. The van der Waals surface area contributed by atoms with Crippen molar-refractivity contribution in [2.45, 2.75) is 0 Å². The Morgan fingerprint density at radius 1 is 0.275 bits per heavy atom. The maximum Gasteiger partial charge on any atom is 1.00 e. The van der Waals surface area contributed by atoms with Crippen LogP contribution in [0.1, 0.15) is 11.1 Å². The SMILES string of the molecule is [Au+].[Au+].[C-]#Cc1cc2ccccc2c2ccccc12.[C-]#Cc1cc2ccccc2c2ccccc12.c1ccc([PH+](C[PH+](c2ccccc2)c2cccc3ccccc23)c2cccc3ccccc23)cc1. The number of benzene rings is 12. The number of hydrogen-bond acceptors (Lipinski definition) is 0. The molecule has 0 nitrogen and oxygen atoms in total. The first-order valence-electron chi connectivity index (χ1n) is 22.6. The van der Waals surface area contributed by atoms with Crippen molar-refractivity contribution >= 4 is 102 Å². The number of hydrogen-bond donors (Lipinski definition) is 0. The van der Waals surface area contributed by atoms with Gasteiger partial charge < -0.3 is 12.8 Å². The largest absolute Gasteiger partial charge is 1.00 e. The molecule has 0 saturated heterocycles. The zero-order valence-corrected chi connectivity index (χ0v) is 43.9. The predicted molar refractivity (Wildman–Crippen MR) is 296 cm³/mol. The maximum absolute atomic E-state index is 7.35. The van der Waals surface area contributed by atoms with E-state index in [0.717, 1.165) is 32.7 Å². The van der Waals surface area contributed by atoms with Crippen LogP contribution in [0.15, 0.2) is 255 Å². The Bertz CT molecular complexity index is 3520. The minimum atomic E-state index is -1.04. The van der Waals surface area contributed by atoms with Crippen LogP contribution < -0.4 is 21.2 Å². The van der Waals surface area contributed by atoms with Gasteiger partial charge in [-0.1, -0.05) is 217 Å². The summed E-state index contributed by atoms with van der Waals surface area (Å²) in [6.07, 6.45) is 14.7. The zero-order valence-electron chi connectivity index (χ0n) is 37.6. The van der Waals surface area contributed by atoms with Crippen molar-refractivity contribution in [2.24, 2.45) is 0 Å². The smallest absolute Gasteiger partial charge is 0.366 e. The van der Waals surface area contributed by atoms with Crippen molar-refractivity contribution in [3.8, 4) is 11.8 Å². The van der Waals surface area contributed by atoms with E-state index in [-0.39, 0.29) is 44.8 Å². The minimum absolute atomic E-state index is 0. The third kappa shape index (κ3) is 10.6. The fourth-order valence-corrected chi connectivity index (χ4v) is 17.5. The molecule has 2 atom stereocenters. The zero-order chi connectivity index (χ0) is 45.4. The standard InChI is InChI=1S/C33H26P2.2C16H9.2Au/c1-3-17-28(18-4-1)34(32-23-11-15-26-13-7-9-21-30(26)32)25-35(29-19-5-2-6-20-29)33-24-12-16-27-14-8-10-22-31(27)33;2*1-2-12-11-13-7-3-4-9-15(13)16-10-6-5-8-14(12)16;;/h1-24H,25H2;2*3-11H;;/q;2*-1;2*+1/p+2. The molecule has 4 heteroatoms. The van der Waals surface area contributed by atoms with E-state index in [4.69, 9.17) is 12.8 Å². The number of rotatable bonds is 6. The van der Waals surface area contributed by atoms with E-state index in [1.54, 1.807) is 0 Å². The molecule has 12 rings (SSSR count). The van der Waals surface area contributed by atoms with Crippen LogP contribution in [0.4, 0.5) is 0 Å². The maximum atomic E-state index is 7.35. The van der Waals surface area contributed by atoms with Gasteiger partial charge in [-0.05, 0) is 79.5 Å². The van der Waals surface area contributed by atoms with Gasteiger partial charge in [-0.25, -0.2) is 0 Å². The average Bonchev–Trinajstić information content (AvgIpc) is 3.41. The summed E-state index contributed by atoms with van der Waals surface area (Å²) in [6, 6.07) is 90.9. The van der Waals surface area contributed by atoms with Gasteiger partial charge in [-0.3, -0.25) is 11.8 Å². The van der Waals surface area contributed by atoms with Crippen LogP contribution in [0.25, 0.3) is 64.6 Å². The molecule has 0 fully saturated rings. The van der Waals surface area contributed by atoms with Crippen molar-refractivity contribution in [2.75, 3.05) is 5.90 Å². The first-order chi connectivity index (χ1) is 33.2. The van der Waals surface area contributed by atoms with Gasteiger partial charge in [0.2, 0.25) is 0 Å².